The van der Waals surface area contributed by atoms with Crippen molar-refractivity contribution in [3.05, 3.63) is 192 Å². The second kappa shape index (κ2) is 12.9. The standard InChI is InChI=1S/C49H40N4/c1-33-16-22-39(23-17-33)52(45-14-8-10-28-50-45)43-32-44(53(46-15-9-11-29-51-46)40-24-18-34(2)19-25-40)42-27-21-36-31-38(49(3,4)37-12-6-5-7-13-37)30-35-20-26-41(43)48(42)47(35)36/h5-32H,1-4H3. The quantitative estimate of drug-likeness (QED) is 0.149. The molecule has 0 spiro atoms. The monoisotopic (exact) mass is 684 g/mol. The lowest BCUT2D eigenvalue weighted by Crippen LogP contribution is -2.18. The van der Waals surface area contributed by atoms with Crippen LogP contribution in [0.15, 0.2) is 170 Å². The molecular weight excluding hydrogens is 645 g/mol. The highest BCUT2D eigenvalue weighted by molar-refractivity contribution is 6.29. The molecule has 7 aromatic carbocycles. The predicted molar refractivity (Wildman–Crippen MR) is 223 cm³/mol. The Morgan fingerprint density at radius 3 is 1.36 bits per heavy atom. The molecule has 0 aliphatic heterocycles. The molecule has 2 heterocycles. The molecule has 0 unspecified atom stereocenters. The van der Waals surface area contributed by atoms with E-state index < -0.39 is 0 Å². The fraction of sp³-hybridized carbons (Fsp3) is 0.102. The number of hydrogen-bond donors (Lipinski definition) is 0. The van der Waals surface area contributed by atoms with Gasteiger partial charge < -0.3 is 0 Å². The van der Waals surface area contributed by atoms with Crippen molar-refractivity contribution in [2.45, 2.75) is 33.1 Å². The number of benzene rings is 7. The summed E-state index contributed by atoms with van der Waals surface area (Å²) in [5.74, 6) is 1.70. The van der Waals surface area contributed by atoms with E-state index in [9.17, 15) is 0 Å². The number of anilines is 6. The van der Waals surface area contributed by atoms with Crippen molar-refractivity contribution in [3.63, 3.8) is 0 Å². The summed E-state index contributed by atoms with van der Waals surface area (Å²) in [6.07, 6.45) is 3.74. The SMILES string of the molecule is Cc1ccc(N(c2ccccn2)c2cc(N(c3ccc(C)cc3)c3ccccn3)c3ccc4cc(C(C)(C)c5ccccc5)cc5ccc2c3c54)cc1. The van der Waals surface area contributed by atoms with Crippen LogP contribution >= 0.6 is 0 Å². The highest BCUT2D eigenvalue weighted by Crippen LogP contribution is 2.50. The number of hydrogen-bond acceptors (Lipinski definition) is 4. The minimum Gasteiger partial charge on any atom is -0.294 e. The van der Waals surface area contributed by atoms with Crippen molar-refractivity contribution in [3.8, 4) is 0 Å². The number of nitrogens with zero attached hydrogens (tertiary/aromatic N) is 4. The van der Waals surface area contributed by atoms with Crippen molar-refractivity contribution < 1.29 is 0 Å². The molecule has 0 bridgehead atoms. The maximum Gasteiger partial charge on any atom is 0.137 e. The van der Waals surface area contributed by atoms with E-state index in [0.717, 1.165) is 45.2 Å². The topological polar surface area (TPSA) is 32.3 Å². The van der Waals surface area contributed by atoms with E-state index >= 15 is 0 Å². The highest BCUT2D eigenvalue weighted by atomic mass is 15.2. The third-order valence-corrected chi connectivity index (χ3v) is 10.7. The lowest BCUT2D eigenvalue weighted by atomic mass is 9.76. The van der Waals surface area contributed by atoms with Crippen molar-refractivity contribution >= 4 is 66.7 Å². The third kappa shape index (κ3) is 5.64. The molecule has 9 aromatic rings. The van der Waals surface area contributed by atoms with Crippen molar-refractivity contribution in [2.75, 3.05) is 9.80 Å². The lowest BCUT2D eigenvalue weighted by Gasteiger charge is -2.32. The van der Waals surface area contributed by atoms with Gasteiger partial charge in [0.05, 0.1) is 11.4 Å². The summed E-state index contributed by atoms with van der Waals surface area (Å²) in [7, 11) is 0. The minimum absolute atomic E-state index is 0.176. The number of pyridine rings is 2. The molecule has 0 aliphatic carbocycles. The largest absolute Gasteiger partial charge is 0.294 e. The average molecular weight is 685 g/mol. The van der Waals surface area contributed by atoms with Gasteiger partial charge in [-0.2, -0.15) is 0 Å². The summed E-state index contributed by atoms with van der Waals surface area (Å²) in [5, 5.41) is 7.24. The minimum atomic E-state index is -0.176. The predicted octanol–water partition coefficient (Wildman–Crippen LogP) is 13.3. The van der Waals surface area contributed by atoms with Gasteiger partial charge in [-0.05, 0) is 95.7 Å². The number of aromatic nitrogens is 2. The van der Waals surface area contributed by atoms with Gasteiger partial charge in [-0.3, -0.25) is 9.80 Å². The van der Waals surface area contributed by atoms with Crippen LogP contribution in [0.5, 0.6) is 0 Å². The van der Waals surface area contributed by atoms with Crippen LogP contribution in [0.1, 0.15) is 36.1 Å². The average Bonchev–Trinajstić information content (AvgIpc) is 3.20. The molecule has 0 fully saturated rings. The van der Waals surface area contributed by atoms with Crippen LogP contribution < -0.4 is 9.80 Å². The van der Waals surface area contributed by atoms with Crippen LogP contribution in [-0.2, 0) is 5.41 Å². The second-order valence-electron chi connectivity index (χ2n) is 14.5. The molecule has 4 heteroatoms. The zero-order valence-electron chi connectivity index (χ0n) is 30.5. The molecule has 0 atom stereocenters. The van der Waals surface area contributed by atoms with Gasteiger partial charge in [0.25, 0.3) is 0 Å². The van der Waals surface area contributed by atoms with E-state index in [4.69, 9.17) is 9.97 Å². The van der Waals surface area contributed by atoms with Crippen molar-refractivity contribution in [1.82, 2.24) is 9.97 Å². The first kappa shape index (κ1) is 32.4. The van der Waals surface area contributed by atoms with Crippen LogP contribution in [0.25, 0.3) is 32.3 Å². The zero-order valence-corrected chi connectivity index (χ0v) is 30.5. The summed E-state index contributed by atoms with van der Waals surface area (Å²) in [4.78, 5) is 14.5. The normalized spacial score (nSPS) is 11.8. The summed E-state index contributed by atoms with van der Waals surface area (Å²) >= 11 is 0. The first-order valence-corrected chi connectivity index (χ1v) is 18.2. The molecule has 256 valence electrons. The molecule has 4 nitrogen and oxygen atoms in total. The van der Waals surface area contributed by atoms with Crippen LogP contribution in [0, 0.1) is 13.8 Å². The maximum absolute atomic E-state index is 4.93. The molecule has 0 saturated carbocycles. The molecule has 0 N–H and O–H groups in total. The molecule has 9 rings (SSSR count). The summed E-state index contributed by atoms with van der Waals surface area (Å²) < 4.78 is 0. The molecule has 0 aliphatic rings. The summed E-state index contributed by atoms with van der Waals surface area (Å²) in [5.41, 5.74) is 9.01. The van der Waals surface area contributed by atoms with Crippen LogP contribution in [0.4, 0.5) is 34.4 Å². The Kier molecular flexibility index (Phi) is 7.89. The van der Waals surface area contributed by atoms with E-state index in [1.54, 1.807) is 0 Å². The summed E-state index contributed by atoms with van der Waals surface area (Å²) in [6.45, 7) is 8.90. The summed E-state index contributed by atoms with van der Waals surface area (Å²) in [6, 6.07) is 56.9. The molecule has 0 radical (unpaired) electrons. The van der Waals surface area contributed by atoms with E-state index in [-0.39, 0.29) is 5.41 Å². The van der Waals surface area contributed by atoms with E-state index in [2.05, 4.69) is 183 Å². The number of rotatable bonds is 8. The van der Waals surface area contributed by atoms with Gasteiger partial charge in [0.15, 0.2) is 0 Å². The Balaban J connectivity index is 1.40. The van der Waals surface area contributed by atoms with Crippen LogP contribution in [-0.4, -0.2) is 9.97 Å². The lowest BCUT2D eigenvalue weighted by molar-refractivity contribution is 0.642. The third-order valence-electron chi connectivity index (χ3n) is 10.7. The highest BCUT2D eigenvalue weighted by Gasteiger charge is 2.28. The number of aryl methyl sites for hydroxylation is 2. The molecule has 2 aromatic heterocycles. The van der Waals surface area contributed by atoms with Crippen molar-refractivity contribution in [1.29, 1.82) is 0 Å². The van der Waals surface area contributed by atoms with Gasteiger partial charge in [0.1, 0.15) is 11.6 Å². The Hall–Kier alpha value is -6.52. The van der Waals surface area contributed by atoms with Crippen LogP contribution in [0.2, 0.25) is 0 Å². The van der Waals surface area contributed by atoms with Gasteiger partial charge >= 0.3 is 0 Å². The van der Waals surface area contributed by atoms with Crippen LogP contribution in [0.3, 0.4) is 0 Å². The Morgan fingerprint density at radius 1 is 0.434 bits per heavy atom. The van der Waals surface area contributed by atoms with E-state index in [1.165, 1.54) is 43.8 Å². The zero-order chi connectivity index (χ0) is 36.1. The maximum atomic E-state index is 4.93. The Bertz CT molecular complexity index is 2530. The van der Waals surface area contributed by atoms with Gasteiger partial charge in [0, 0.05) is 45.3 Å². The van der Waals surface area contributed by atoms with Gasteiger partial charge in [-0.25, -0.2) is 9.97 Å². The molecule has 0 saturated heterocycles. The first-order chi connectivity index (χ1) is 25.9. The van der Waals surface area contributed by atoms with E-state index in [0.29, 0.717) is 0 Å². The second-order valence-corrected chi connectivity index (χ2v) is 14.5. The fourth-order valence-corrected chi connectivity index (χ4v) is 7.78. The fourth-order valence-electron chi connectivity index (χ4n) is 7.78. The van der Waals surface area contributed by atoms with E-state index in [1.807, 2.05) is 24.5 Å². The van der Waals surface area contributed by atoms with Gasteiger partial charge in [-0.15, -0.1) is 0 Å². The molecule has 53 heavy (non-hydrogen) atoms. The first-order valence-electron chi connectivity index (χ1n) is 18.2. The Morgan fingerprint density at radius 2 is 0.906 bits per heavy atom. The molecular formula is C49H40N4. The smallest absolute Gasteiger partial charge is 0.137 e. The van der Waals surface area contributed by atoms with Crippen molar-refractivity contribution in [2.24, 2.45) is 0 Å². The van der Waals surface area contributed by atoms with Gasteiger partial charge in [-0.1, -0.05) is 128 Å². The Labute approximate surface area is 311 Å². The van der Waals surface area contributed by atoms with Gasteiger partial charge in [0.2, 0.25) is 0 Å². The molecule has 0 amide bonds.